The molecular weight excluding hydrogens is 338 g/mol. The average Bonchev–Trinajstić information content (AvgIpc) is 2.88. The lowest BCUT2D eigenvalue weighted by molar-refractivity contribution is 0.329. The summed E-state index contributed by atoms with van der Waals surface area (Å²) in [5.41, 5.74) is 2.41. The third-order valence-electron chi connectivity index (χ3n) is 3.54. The second kappa shape index (κ2) is 6.90. The molecule has 0 bridgehead atoms. The molecule has 0 aliphatic carbocycles. The predicted octanol–water partition coefficient (Wildman–Crippen LogP) is 2.90. The van der Waals surface area contributed by atoms with Crippen LogP contribution in [0.2, 0.25) is 5.02 Å². The van der Waals surface area contributed by atoms with Crippen molar-refractivity contribution >= 4 is 21.6 Å². The van der Waals surface area contributed by atoms with Gasteiger partial charge in [-0.2, -0.15) is 9.40 Å². The van der Waals surface area contributed by atoms with E-state index in [9.17, 15) is 8.42 Å². The number of rotatable bonds is 6. The zero-order valence-electron chi connectivity index (χ0n) is 13.6. The molecule has 0 aliphatic heterocycles. The summed E-state index contributed by atoms with van der Waals surface area (Å²) < 4.78 is 32.5. The van der Waals surface area contributed by atoms with Gasteiger partial charge in [-0.3, -0.25) is 5.10 Å². The van der Waals surface area contributed by atoms with Crippen molar-refractivity contribution in [3.8, 4) is 5.75 Å². The summed E-state index contributed by atoms with van der Waals surface area (Å²) in [5, 5.41) is 7.09. The van der Waals surface area contributed by atoms with Crippen LogP contribution in [0.3, 0.4) is 0 Å². The topological polar surface area (TPSA) is 75.3 Å². The van der Waals surface area contributed by atoms with Gasteiger partial charge in [0.05, 0.1) is 12.8 Å². The van der Waals surface area contributed by atoms with Crippen LogP contribution < -0.4 is 4.74 Å². The van der Waals surface area contributed by atoms with E-state index in [1.54, 1.807) is 26.1 Å². The smallest absolute Gasteiger partial charge is 0.246 e. The molecule has 23 heavy (non-hydrogen) atoms. The number of hydrogen-bond donors (Lipinski definition) is 1. The van der Waals surface area contributed by atoms with Crippen LogP contribution in [0.1, 0.15) is 23.7 Å². The van der Waals surface area contributed by atoms with E-state index in [-0.39, 0.29) is 11.4 Å². The van der Waals surface area contributed by atoms with Crippen molar-refractivity contribution < 1.29 is 13.2 Å². The number of H-pyrrole nitrogens is 1. The Morgan fingerprint density at radius 1 is 1.35 bits per heavy atom. The second-order valence-corrected chi connectivity index (χ2v) is 7.68. The van der Waals surface area contributed by atoms with Crippen molar-refractivity contribution in [2.75, 3.05) is 13.7 Å². The van der Waals surface area contributed by atoms with Crippen molar-refractivity contribution in [3.05, 3.63) is 40.2 Å². The molecule has 1 N–H and O–H groups in total. The highest BCUT2D eigenvalue weighted by Crippen LogP contribution is 2.32. The number of ether oxygens (including phenoxy) is 1. The Labute approximate surface area is 141 Å². The fraction of sp³-hybridized carbons (Fsp3) is 0.400. The van der Waals surface area contributed by atoms with Crippen molar-refractivity contribution in [3.63, 3.8) is 0 Å². The Hall–Kier alpha value is -1.57. The third-order valence-corrected chi connectivity index (χ3v) is 5.77. The van der Waals surface area contributed by atoms with Crippen LogP contribution in [0.5, 0.6) is 5.75 Å². The number of nitrogens with one attached hydrogen (secondary N) is 1. The monoisotopic (exact) mass is 357 g/mol. The number of aromatic amines is 1. The molecule has 2 aromatic rings. The van der Waals surface area contributed by atoms with E-state index in [0.717, 1.165) is 16.8 Å². The highest BCUT2D eigenvalue weighted by molar-refractivity contribution is 7.89. The first-order chi connectivity index (χ1) is 10.8. The van der Waals surface area contributed by atoms with E-state index in [2.05, 4.69) is 10.2 Å². The molecule has 0 fully saturated rings. The van der Waals surface area contributed by atoms with Gasteiger partial charge in [-0.1, -0.05) is 11.6 Å². The van der Waals surface area contributed by atoms with Crippen LogP contribution >= 0.6 is 11.6 Å². The Balaban J connectivity index is 2.42. The maximum atomic E-state index is 12.9. The Morgan fingerprint density at radius 3 is 2.61 bits per heavy atom. The zero-order chi connectivity index (χ0) is 17.2. The standard InChI is InChI=1S/C15H20ClN3O3S/c1-5-22-14-6-10(2)13(16)7-15(14)23(20,21)19(4)9-12-8-17-18-11(12)3/h6-8H,5,9H2,1-4H3,(H,17,18). The SMILES string of the molecule is CCOc1cc(C)c(Cl)cc1S(=O)(=O)N(C)Cc1cn[nH]c1C. The molecule has 1 aromatic heterocycles. The molecule has 8 heteroatoms. The summed E-state index contributed by atoms with van der Waals surface area (Å²) in [4.78, 5) is 0.0681. The maximum Gasteiger partial charge on any atom is 0.246 e. The van der Waals surface area contributed by atoms with Gasteiger partial charge in [0.15, 0.2) is 0 Å². The Morgan fingerprint density at radius 2 is 2.04 bits per heavy atom. The van der Waals surface area contributed by atoms with Gasteiger partial charge in [0.2, 0.25) is 10.0 Å². The molecule has 6 nitrogen and oxygen atoms in total. The van der Waals surface area contributed by atoms with Gasteiger partial charge in [0, 0.05) is 29.9 Å². The first-order valence-corrected chi connectivity index (χ1v) is 8.97. The molecule has 0 saturated heterocycles. The average molecular weight is 358 g/mol. The molecule has 0 unspecified atom stereocenters. The van der Waals surface area contributed by atoms with Crippen LogP contribution in [0.4, 0.5) is 0 Å². The number of sulfonamides is 1. The van der Waals surface area contributed by atoms with Crippen molar-refractivity contribution in [2.24, 2.45) is 0 Å². The minimum atomic E-state index is -3.74. The molecule has 0 atom stereocenters. The number of halogens is 1. The van der Waals surface area contributed by atoms with Crippen molar-refractivity contribution in [1.82, 2.24) is 14.5 Å². The molecule has 1 heterocycles. The number of benzene rings is 1. The van der Waals surface area contributed by atoms with Gasteiger partial charge in [-0.25, -0.2) is 8.42 Å². The normalized spacial score (nSPS) is 11.9. The van der Waals surface area contributed by atoms with Gasteiger partial charge >= 0.3 is 0 Å². The lowest BCUT2D eigenvalue weighted by Crippen LogP contribution is -2.27. The van der Waals surface area contributed by atoms with Gasteiger partial charge < -0.3 is 4.74 Å². The van der Waals surface area contributed by atoms with Gasteiger partial charge in [-0.05, 0) is 38.5 Å². The Kier molecular flexibility index (Phi) is 5.33. The Bertz CT molecular complexity index is 802. The highest BCUT2D eigenvalue weighted by atomic mass is 35.5. The molecule has 0 radical (unpaired) electrons. The fourth-order valence-electron chi connectivity index (χ4n) is 2.13. The summed E-state index contributed by atoms with van der Waals surface area (Å²) in [6.07, 6.45) is 1.62. The predicted molar refractivity (Wildman–Crippen MR) is 89.3 cm³/mol. The number of hydrogen-bond acceptors (Lipinski definition) is 4. The van der Waals surface area contributed by atoms with Crippen LogP contribution in [0.25, 0.3) is 0 Å². The van der Waals surface area contributed by atoms with Crippen molar-refractivity contribution in [2.45, 2.75) is 32.2 Å². The lowest BCUT2D eigenvalue weighted by atomic mass is 10.2. The molecule has 2 rings (SSSR count). The molecule has 0 spiro atoms. The van der Waals surface area contributed by atoms with E-state index in [1.807, 2.05) is 6.92 Å². The fourth-order valence-corrected chi connectivity index (χ4v) is 3.65. The quantitative estimate of drug-likeness (QED) is 0.862. The molecule has 0 amide bonds. The number of nitrogens with zero attached hydrogens (tertiary/aromatic N) is 2. The summed E-state index contributed by atoms with van der Waals surface area (Å²) in [6, 6.07) is 3.09. The van der Waals surface area contributed by atoms with Gasteiger partial charge in [0.25, 0.3) is 0 Å². The van der Waals surface area contributed by atoms with E-state index >= 15 is 0 Å². The zero-order valence-corrected chi connectivity index (χ0v) is 15.1. The number of aromatic nitrogens is 2. The summed E-state index contributed by atoms with van der Waals surface area (Å²) >= 11 is 6.11. The first kappa shape index (κ1) is 17.8. The van der Waals surface area contributed by atoms with Crippen LogP contribution in [-0.4, -0.2) is 36.6 Å². The minimum absolute atomic E-state index is 0.0681. The minimum Gasteiger partial charge on any atom is -0.492 e. The summed E-state index contributed by atoms with van der Waals surface area (Å²) in [6.45, 7) is 6.03. The van der Waals surface area contributed by atoms with Crippen LogP contribution in [-0.2, 0) is 16.6 Å². The van der Waals surface area contributed by atoms with Crippen LogP contribution in [0, 0.1) is 13.8 Å². The molecule has 0 saturated carbocycles. The molecule has 126 valence electrons. The van der Waals surface area contributed by atoms with E-state index in [0.29, 0.717) is 17.4 Å². The van der Waals surface area contributed by atoms with Crippen LogP contribution in [0.15, 0.2) is 23.2 Å². The van der Waals surface area contributed by atoms with E-state index < -0.39 is 10.0 Å². The van der Waals surface area contributed by atoms with E-state index in [1.165, 1.54) is 17.4 Å². The van der Waals surface area contributed by atoms with Crippen molar-refractivity contribution in [1.29, 1.82) is 0 Å². The summed E-state index contributed by atoms with van der Waals surface area (Å²) in [7, 11) is -2.22. The molecular formula is C15H20ClN3O3S. The lowest BCUT2D eigenvalue weighted by Gasteiger charge is -2.20. The molecule has 0 aliphatic rings. The number of aryl methyl sites for hydroxylation is 2. The van der Waals surface area contributed by atoms with Gasteiger partial charge in [0.1, 0.15) is 10.6 Å². The summed E-state index contributed by atoms with van der Waals surface area (Å²) in [5.74, 6) is 0.310. The first-order valence-electron chi connectivity index (χ1n) is 7.15. The second-order valence-electron chi connectivity index (χ2n) is 5.26. The van der Waals surface area contributed by atoms with E-state index in [4.69, 9.17) is 16.3 Å². The van der Waals surface area contributed by atoms with Gasteiger partial charge in [-0.15, -0.1) is 0 Å². The highest BCUT2D eigenvalue weighted by Gasteiger charge is 2.26. The third kappa shape index (κ3) is 3.68. The molecule has 1 aromatic carbocycles. The largest absolute Gasteiger partial charge is 0.492 e. The maximum absolute atomic E-state index is 12.9.